The van der Waals surface area contributed by atoms with Crippen molar-refractivity contribution in [1.82, 2.24) is 4.90 Å². The molecule has 1 aliphatic rings. The van der Waals surface area contributed by atoms with Crippen molar-refractivity contribution >= 4 is 46.4 Å². The number of halogens is 1. The van der Waals surface area contributed by atoms with Gasteiger partial charge in [0.15, 0.2) is 5.17 Å². The van der Waals surface area contributed by atoms with E-state index in [9.17, 15) is 9.18 Å². The van der Waals surface area contributed by atoms with Crippen molar-refractivity contribution in [3.63, 3.8) is 0 Å². The van der Waals surface area contributed by atoms with E-state index in [-0.39, 0.29) is 11.6 Å². The molecule has 2 aromatic rings. The van der Waals surface area contributed by atoms with E-state index in [1.165, 1.54) is 22.7 Å². The van der Waals surface area contributed by atoms with Gasteiger partial charge in [0.05, 0.1) is 4.91 Å². The number of thioether (sulfide) groups is 2. The lowest BCUT2D eigenvalue weighted by Crippen LogP contribution is -2.28. The van der Waals surface area contributed by atoms with Crippen LogP contribution in [-0.4, -0.2) is 28.8 Å². The molecule has 0 saturated carbocycles. The zero-order valence-electron chi connectivity index (χ0n) is 13.9. The van der Waals surface area contributed by atoms with Gasteiger partial charge < -0.3 is 0 Å². The molecule has 0 radical (unpaired) electrons. The maximum Gasteiger partial charge on any atom is 0.266 e. The average molecular weight is 372 g/mol. The first-order valence-electron chi connectivity index (χ1n) is 7.81. The molecule has 25 heavy (non-hydrogen) atoms. The fourth-order valence-corrected chi connectivity index (χ4v) is 3.83. The Morgan fingerprint density at radius 1 is 1.20 bits per heavy atom. The first kappa shape index (κ1) is 17.8. The van der Waals surface area contributed by atoms with E-state index in [1.54, 1.807) is 34.9 Å². The summed E-state index contributed by atoms with van der Waals surface area (Å²) < 4.78 is 13.9. The molecule has 0 N–H and O–H groups in total. The van der Waals surface area contributed by atoms with Crippen molar-refractivity contribution in [2.75, 3.05) is 12.8 Å². The highest BCUT2D eigenvalue weighted by atomic mass is 32.2. The van der Waals surface area contributed by atoms with Crippen LogP contribution in [0, 0.1) is 5.82 Å². The highest BCUT2D eigenvalue weighted by molar-refractivity contribution is 8.18. The minimum absolute atomic E-state index is 0.100. The Morgan fingerprint density at radius 3 is 2.56 bits per heavy atom. The van der Waals surface area contributed by atoms with Crippen LogP contribution in [0.1, 0.15) is 12.5 Å². The van der Waals surface area contributed by atoms with Crippen LogP contribution in [-0.2, 0) is 4.79 Å². The summed E-state index contributed by atoms with van der Waals surface area (Å²) in [5, 5.41) is 0.504. The predicted octanol–water partition coefficient (Wildman–Crippen LogP) is 5.17. The molecule has 1 aliphatic heterocycles. The van der Waals surface area contributed by atoms with E-state index >= 15 is 0 Å². The zero-order valence-corrected chi connectivity index (χ0v) is 15.5. The third kappa shape index (κ3) is 3.96. The minimum atomic E-state index is -0.399. The Balaban J connectivity index is 1.91. The molecule has 3 nitrogen and oxygen atoms in total. The Morgan fingerprint density at radius 2 is 1.92 bits per heavy atom. The molecule has 1 heterocycles. The van der Waals surface area contributed by atoms with Gasteiger partial charge in [-0.2, -0.15) is 0 Å². The molecule has 1 saturated heterocycles. The summed E-state index contributed by atoms with van der Waals surface area (Å²) in [7, 11) is 0. The van der Waals surface area contributed by atoms with E-state index in [4.69, 9.17) is 0 Å². The van der Waals surface area contributed by atoms with Gasteiger partial charge in [0.25, 0.3) is 5.91 Å². The Labute approximate surface area is 155 Å². The third-order valence-corrected chi connectivity index (χ3v) is 5.44. The topological polar surface area (TPSA) is 32.7 Å². The van der Waals surface area contributed by atoms with E-state index in [0.29, 0.717) is 16.6 Å². The fraction of sp³-hybridized carbons (Fsp3) is 0.158. The number of nitrogens with zero attached hydrogens (tertiary/aromatic N) is 2. The summed E-state index contributed by atoms with van der Waals surface area (Å²) in [6.45, 7) is 2.37. The number of hydrogen-bond donors (Lipinski definition) is 0. The molecule has 1 amide bonds. The Bertz CT molecular complexity index is 847. The highest BCUT2D eigenvalue weighted by Crippen LogP contribution is 2.34. The van der Waals surface area contributed by atoms with Gasteiger partial charge in [-0.1, -0.05) is 24.3 Å². The number of amidine groups is 1. The number of hydrogen-bond acceptors (Lipinski definition) is 4. The summed E-state index contributed by atoms with van der Waals surface area (Å²) >= 11 is 2.95. The highest BCUT2D eigenvalue weighted by Gasteiger charge is 2.32. The molecule has 0 unspecified atom stereocenters. The standard InChI is InChI=1S/C19H17FN2OS2/c1-3-22-18(23)17(12-13-8-10-14(24-2)11-9-13)25-19(22)21-16-7-5-4-6-15(16)20/h4-12H,3H2,1-2H3/b17-12+,21-19?. The van der Waals surface area contributed by atoms with E-state index in [0.717, 1.165) is 5.56 Å². The molecule has 0 aromatic heterocycles. The van der Waals surface area contributed by atoms with Crippen LogP contribution in [0.5, 0.6) is 0 Å². The molecule has 0 spiro atoms. The van der Waals surface area contributed by atoms with Crippen molar-refractivity contribution in [1.29, 1.82) is 0 Å². The van der Waals surface area contributed by atoms with Crippen molar-refractivity contribution in [3.05, 3.63) is 64.8 Å². The fourth-order valence-electron chi connectivity index (χ4n) is 2.37. The molecule has 1 fully saturated rings. The molecule has 0 atom stereocenters. The van der Waals surface area contributed by atoms with Gasteiger partial charge in [-0.05, 0) is 60.8 Å². The lowest BCUT2D eigenvalue weighted by atomic mass is 10.2. The number of aliphatic imine (C=N–C) groups is 1. The van der Waals surface area contributed by atoms with Gasteiger partial charge >= 0.3 is 0 Å². The maximum atomic E-state index is 13.9. The van der Waals surface area contributed by atoms with E-state index < -0.39 is 5.82 Å². The smallest absolute Gasteiger partial charge is 0.266 e. The van der Waals surface area contributed by atoms with Crippen molar-refractivity contribution in [2.24, 2.45) is 4.99 Å². The van der Waals surface area contributed by atoms with E-state index in [2.05, 4.69) is 4.99 Å². The van der Waals surface area contributed by atoms with Crippen LogP contribution in [0.15, 0.2) is 63.3 Å². The lowest BCUT2D eigenvalue weighted by molar-refractivity contribution is -0.122. The number of benzene rings is 2. The molecule has 0 bridgehead atoms. The van der Waals surface area contributed by atoms with Crippen molar-refractivity contribution in [2.45, 2.75) is 11.8 Å². The normalized spacial score (nSPS) is 17.7. The van der Waals surface area contributed by atoms with Crippen LogP contribution in [0.4, 0.5) is 10.1 Å². The van der Waals surface area contributed by atoms with Gasteiger partial charge in [0, 0.05) is 11.4 Å². The number of likely N-dealkylation sites (N-methyl/N-ethyl adjacent to an activating group) is 1. The van der Waals surface area contributed by atoms with Gasteiger partial charge in [-0.3, -0.25) is 9.69 Å². The number of carbonyl (C=O) groups excluding carboxylic acids is 1. The first-order chi connectivity index (χ1) is 12.1. The average Bonchev–Trinajstić information content (AvgIpc) is 2.92. The van der Waals surface area contributed by atoms with Crippen LogP contribution >= 0.6 is 23.5 Å². The number of carbonyl (C=O) groups is 1. The van der Waals surface area contributed by atoms with Crippen LogP contribution < -0.4 is 0 Å². The van der Waals surface area contributed by atoms with Crippen LogP contribution in [0.2, 0.25) is 0 Å². The quantitative estimate of drug-likeness (QED) is 0.548. The molecule has 2 aromatic carbocycles. The van der Waals surface area contributed by atoms with Crippen molar-refractivity contribution in [3.8, 4) is 0 Å². The number of para-hydroxylation sites is 1. The largest absolute Gasteiger partial charge is 0.287 e. The zero-order chi connectivity index (χ0) is 17.8. The monoisotopic (exact) mass is 372 g/mol. The third-order valence-electron chi connectivity index (χ3n) is 3.69. The van der Waals surface area contributed by atoms with Crippen molar-refractivity contribution < 1.29 is 9.18 Å². The second-order valence-corrected chi connectivity index (χ2v) is 7.17. The number of amides is 1. The van der Waals surface area contributed by atoms with Gasteiger partial charge in [0.2, 0.25) is 0 Å². The molecule has 0 aliphatic carbocycles. The molecule has 3 rings (SSSR count). The maximum absolute atomic E-state index is 13.9. The second-order valence-electron chi connectivity index (χ2n) is 5.28. The molecule has 128 valence electrons. The first-order valence-corrected chi connectivity index (χ1v) is 9.85. The predicted molar refractivity (Wildman–Crippen MR) is 105 cm³/mol. The Kier molecular flexibility index (Phi) is 5.60. The van der Waals surface area contributed by atoms with E-state index in [1.807, 2.05) is 43.5 Å². The molecular formula is C19H17FN2OS2. The Hall–Kier alpha value is -2.05. The van der Waals surface area contributed by atoms with Crippen LogP contribution in [0.25, 0.3) is 6.08 Å². The summed E-state index contributed by atoms with van der Waals surface area (Å²) in [5.41, 5.74) is 1.19. The minimum Gasteiger partial charge on any atom is -0.287 e. The summed E-state index contributed by atoms with van der Waals surface area (Å²) in [6.07, 6.45) is 3.87. The molecule has 6 heteroatoms. The summed E-state index contributed by atoms with van der Waals surface area (Å²) in [4.78, 5) is 20.3. The SMILES string of the molecule is CCN1C(=O)/C(=C\c2ccc(SC)cc2)SC1=Nc1ccccc1F. The summed E-state index contributed by atoms with van der Waals surface area (Å²) in [5.74, 6) is -0.499. The number of rotatable bonds is 4. The van der Waals surface area contributed by atoms with Gasteiger partial charge in [-0.15, -0.1) is 11.8 Å². The summed E-state index contributed by atoms with van der Waals surface area (Å²) in [6, 6.07) is 14.3. The van der Waals surface area contributed by atoms with Gasteiger partial charge in [-0.25, -0.2) is 9.38 Å². The second kappa shape index (κ2) is 7.89. The van der Waals surface area contributed by atoms with Gasteiger partial charge in [0.1, 0.15) is 11.5 Å². The lowest BCUT2D eigenvalue weighted by Gasteiger charge is -2.12. The molecular weight excluding hydrogens is 355 g/mol. The van der Waals surface area contributed by atoms with Crippen LogP contribution in [0.3, 0.4) is 0 Å².